The smallest absolute Gasteiger partial charge is 0.192 e. The van der Waals surface area contributed by atoms with Gasteiger partial charge in [-0.3, -0.25) is 0 Å². The Morgan fingerprint density at radius 2 is 1.69 bits per heavy atom. The van der Waals surface area contributed by atoms with Crippen molar-refractivity contribution in [1.82, 2.24) is 0 Å². The summed E-state index contributed by atoms with van der Waals surface area (Å²) in [5, 5.41) is 10.2. The van der Waals surface area contributed by atoms with Gasteiger partial charge in [-0.25, -0.2) is 0 Å². The highest BCUT2D eigenvalue weighted by molar-refractivity contribution is 6.74. The normalized spacial score (nSPS) is 19.0. The lowest BCUT2D eigenvalue weighted by atomic mass is 10.0. The quantitative estimate of drug-likeness (QED) is 0.592. The zero-order valence-corrected chi connectivity index (χ0v) is 12.9. The van der Waals surface area contributed by atoms with E-state index in [9.17, 15) is 5.11 Å². The topological polar surface area (TPSA) is 29.5 Å². The molecule has 0 unspecified atom stereocenters. The molecular formula is C13H28O2Si. The predicted molar refractivity (Wildman–Crippen MR) is 73.1 cm³/mol. The van der Waals surface area contributed by atoms with Crippen LogP contribution in [0.5, 0.6) is 0 Å². The van der Waals surface area contributed by atoms with Gasteiger partial charge in [-0.15, -0.1) is 6.58 Å². The van der Waals surface area contributed by atoms with Crippen molar-refractivity contribution >= 4 is 8.32 Å². The second-order valence-corrected chi connectivity index (χ2v) is 10.9. The minimum absolute atomic E-state index is 0.0692. The summed E-state index contributed by atoms with van der Waals surface area (Å²) in [5.74, 6) is 0.0692. The fraction of sp³-hybridized carbons (Fsp3) is 0.846. The zero-order chi connectivity index (χ0) is 13.1. The summed E-state index contributed by atoms with van der Waals surface area (Å²) in [6.07, 6.45) is 1.18. The average molecular weight is 244 g/mol. The van der Waals surface area contributed by atoms with Crippen LogP contribution in [0.1, 0.15) is 34.6 Å². The summed E-state index contributed by atoms with van der Waals surface area (Å²) < 4.78 is 6.13. The lowest BCUT2D eigenvalue weighted by molar-refractivity contribution is 0.0169. The monoisotopic (exact) mass is 244 g/mol. The van der Waals surface area contributed by atoms with Gasteiger partial charge < -0.3 is 9.53 Å². The maximum atomic E-state index is 10.0. The van der Waals surface area contributed by atoms with Crippen molar-refractivity contribution in [2.45, 2.75) is 65.0 Å². The molecule has 0 aliphatic heterocycles. The second-order valence-electron chi connectivity index (χ2n) is 6.17. The third kappa shape index (κ3) is 4.04. The molecule has 0 amide bonds. The second kappa shape index (κ2) is 5.47. The van der Waals surface area contributed by atoms with E-state index < -0.39 is 14.4 Å². The summed E-state index contributed by atoms with van der Waals surface area (Å²) in [6.45, 7) is 18.6. The van der Waals surface area contributed by atoms with Crippen molar-refractivity contribution in [2.75, 3.05) is 0 Å². The van der Waals surface area contributed by atoms with Crippen LogP contribution in [0.2, 0.25) is 18.1 Å². The molecule has 96 valence electrons. The van der Waals surface area contributed by atoms with E-state index in [0.717, 1.165) is 0 Å². The number of hydrogen-bond acceptors (Lipinski definition) is 2. The van der Waals surface area contributed by atoms with Crippen LogP contribution >= 0.6 is 0 Å². The van der Waals surface area contributed by atoms with Crippen LogP contribution < -0.4 is 0 Å². The molecule has 0 aliphatic carbocycles. The molecule has 3 atom stereocenters. The van der Waals surface area contributed by atoms with Gasteiger partial charge in [0.2, 0.25) is 0 Å². The minimum atomic E-state index is -1.78. The maximum absolute atomic E-state index is 10.0. The van der Waals surface area contributed by atoms with Crippen LogP contribution in [0.15, 0.2) is 12.7 Å². The Hall–Kier alpha value is -0.123. The molecule has 0 rings (SSSR count). The molecule has 0 radical (unpaired) electrons. The van der Waals surface area contributed by atoms with E-state index in [1.807, 2.05) is 13.8 Å². The molecule has 0 heterocycles. The molecule has 0 aromatic heterocycles. The zero-order valence-electron chi connectivity index (χ0n) is 11.9. The lowest BCUT2D eigenvalue weighted by Gasteiger charge is -2.40. The molecule has 0 aliphatic rings. The molecule has 0 saturated heterocycles. The molecule has 16 heavy (non-hydrogen) atoms. The van der Waals surface area contributed by atoms with Crippen LogP contribution in [0.25, 0.3) is 0 Å². The first-order valence-corrected chi connectivity index (χ1v) is 8.92. The van der Waals surface area contributed by atoms with Crippen LogP contribution in [0.4, 0.5) is 0 Å². The molecule has 3 heteroatoms. The molecule has 1 N–H and O–H groups in total. The van der Waals surface area contributed by atoms with E-state index in [-0.39, 0.29) is 17.1 Å². The third-order valence-corrected chi connectivity index (χ3v) is 8.25. The molecule has 0 spiro atoms. The largest absolute Gasteiger partial charge is 0.412 e. The Balaban J connectivity index is 4.56. The molecule has 2 nitrogen and oxygen atoms in total. The van der Waals surface area contributed by atoms with Gasteiger partial charge in [0.15, 0.2) is 8.32 Å². The Labute approximate surface area is 102 Å². The van der Waals surface area contributed by atoms with Crippen molar-refractivity contribution in [3.05, 3.63) is 12.7 Å². The Bertz CT molecular complexity index is 231. The van der Waals surface area contributed by atoms with E-state index >= 15 is 0 Å². The SMILES string of the molecule is C=C[C@@H](C)[C@@H](O)[C@H](C)O[Si](C)(C)C(C)(C)C. The predicted octanol–water partition coefficient (Wildman–Crippen LogP) is 3.58. The fourth-order valence-corrected chi connectivity index (χ4v) is 2.70. The summed E-state index contributed by atoms with van der Waals surface area (Å²) >= 11 is 0. The summed E-state index contributed by atoms with van der Waals surface area (Å²) in [5.41, 5.74) is 0. The van der Waals surface area contributed by atoms with Crippen molar-refractivity contribution in [3.8, 4) is 0 Å². The van der Waals surface area contributed by atoms with Gasteiger partial charge in [0.25, 0.3) is 0 Å². The summed E-state index contributed by atoms with van der Waals surface area (Å²) in [7, 11) is -1.78. The third-order valence-electron chi connectivity index (χ3n) is 3.68. The van der Waals surface area contributed by atoms with E-state index in [2.05, 4.69) is 40.4 Å². The highest BCUT2D eigenvalue weighted by Crippen LogP contribution is 2.37. The highest BCUT2D eigenvalue weighted by atomic mass is 28.4. The molecule has 0 aromatic carbocycles. The van der Waals surface area contributed by atoms with Gasteiger partial charge in [-0.1, -0.05) is 33.8 Å². The Morgan fingerprint density at radius 3 is 2.00 bits per heavy atom. The Kier molecular flexibility index (Phi) is 5.43. The van der Waals surface area contributed by atoms with Crippen LogP contribution in [-0.4, -0.2) is 25.6 Å². The maximum Gasteiger partial charge on any atom is 0.192 e. The van der Waals surface area contributed by atoms with Crippen molar-refractivity contribution in [1.29, 1.82) is 0 Å². The number of aliphatic hydroxyl groups excluding tert-OH is 1. The first kappa shape index (κ1) is 15.9. The first-order valence-electron chi connectivity index (χ1n) is 6.01. The van der Waals surface area contributed by atoms with E-state index in [4.69, 9.17) is 4.43 Å². The van der Waals surface area contributed by atoms with Gasteiger partial charge in [0.1, 0.15) is 0 Å². The van der Waals surface area contributed by atoms with Crippen LogP contribution in [-0.2, 0) is 4.43 Å². The fourth-order valence-electron chi connectivity index (χ4n) is 1.28. The average Bonchev–Trinajstić information content (AvgIpc) is 2.12. The molecule has 0 saturated carbocycles. The minimum Gasteiger partial charge on any atom is -0.412 e. The van der Waals surface area contributed by atoms with Gasteiger partial charge in [0, 0.05) is 5.92 Å². The molecule has 0 aromatic rings. The molecule has 0 bridgehead atoms. The lowest BCUT2D eigenvalue weighted by Crippen LogP contribution is -2.47. The van der Waals surface area contributed by atoms with Gasteiger partial charge in [-0.2, -0.15) is 0 Å². The number of rotatable bonds is 5. The van der Waals surface area contributed by atoms with Crippen LogP contribution in [0.3, 0.4) is 0 Å². The summed E-state index contributed by atoms with van der Waals surface area (Å²) in [4.78, 5) is 0. The number of hydrogen-bond donors (Lipinski definition) is 1. The summed E-state index contributed by atoms with van der Waals surface area (Å²) in [6, 6.07) is 0. The molecular weight excluding hydrogens is 216 g/mol. The first-order chi connectivity index (χ1) is 7.03. The highest BCUT2D eigenvalue weighted by Gasteiger charge is 2.39. The van der Waals surface area contributed by atoms with Gasteiger partial charge >= 0.3 is 0 Å². The molecule has 0 fully saturated rings. The number of aliphatic hydroxyl groups is 1. The standard InChI is InChI=1S/C13H28O2Si/c1-9-10(2)12(14)11(3)15-16(7,8)13(4,5)6/h9-12,14H,1H2,2-8H3/t10-,11+,12-/m1/s1. The Morgan fingerprint density at radius 1 is 1.25 bits per heavy atom. The van der Waals surface area contributed by atoms with Crippen molar-refractivity contribution < 1.29 is 9.53 Å². The van der Waals surface area contributed by atoms with Gasteiger partial charge in [0.05, 0.1) is 12.2 Å². The van der Waals surface area contributed by atoms with Crippen molar-refractivity contribution in [2.24, 2.45) is 5.92 Å². The van der Waals surface area contributed by atoms with Gasteiger partial charge in [-0.05, 0) is 25.1 Å². The van der Waals surface area contributed by atoms with Crippen LogP contribution in [0, 0.1) is 5.92 Å². The van der Waals surface area contributed by atoms with E-state index in [1.54, 1.807) is 6.08 Å². The van der Waals surface area contributed by atoms with E-state index in [1.165, 1.54) is 0 Å². The van der Waals surface area contributed by atoms with Crippen molar-refractivity contribution in [3.63, 3.8) is 0 Å². The van der Waals surface area contributed by atoms with E-state index in [0.29, 0.717) is 0 Å².